The van der Waals surface area contributed by atoms with Crippen molar-refractivity contribution in [1.82, 2.24) is 4.98 Å². The van der Waals surface area contributed by atoms with Crippen LogP contribution >= 0.6 is 0 Å². The fourth-order valence-corrected chi connectivity index (χ4v) is 2.80. The van der Waals surface area contributed by atoms with E-state index in [1.54, 1.807) is 0 Å². The molecule has 126 valence electrons. The van der Waals surface area contributed by atoms with Crippen LogP contribution in [0.15, 0.2) is 54.7 Å². The number of rotatable bonds is 8. The van der Waals surface area contributed by atoms with Crippen molar-refractivity contribution in [2.75, 3.05) is 13.2 Å². The van der Waals surface area contributed by atoms with E-state index in [1.807, 2.05) is 43.5 Å². The topological polar surface area (TPSA) is 60.3 Å². The van der Waals surface area contributed by atoms with E-state index in [0.717, 1.165) is 17.7 Å². The van der Waals surface area contributed by atoms with Crippen LogP contribution < -0.4 is 10.5 Å². The lowest BCUT2D eigenvalue weighted by molar-refractivity contribution is 0.0893. The first-order valence-electron chi connectivity index (χ1n) is 8.33. The second kappa shape index (κ2) is 7.99. The van der Waals surface area contributed by atoms with E-state index in [4.69, 9.17) is 15.2 Å². The third kappa shape index (κ3) is 4.16. The molecular weight excluding hydrogens is 300 g/mol. The highest BCUT2D eigenvalue weighted by atomic mass is 16.5. The highest BCUT2D eigenvalue weighted by Crippen LogP contribution is 2.27. The number of aromatic nitrogens is 1. The fourth-order valence-electron chi connectivity index (χ4n) is 2.80. The van der Waals surface area contributed by atoms with Gasteiger partial charge in [0, 0.05) is 17.6 Å². The Labute approximate surface area is 142 Å². The maximum atomic E-state index is 5.91. The number of para-hydroxylation sites is 1. The van der Waals surface area contributed by atoms with Gasteiger partial charge in [0.1, 0.15) is 12.4 Å². The molecule has 1 atom stereocenters. The fraction of sp³-hybridized carbons (Fsp3) is 0.300. The van der Waals surface area contributed by atoms with E-state index in [9.17, 15) is 0 Å². The molecule has 0 aliphatic carbocycles. The zero-order valence-electron chi connectivity index (χ0n) is 14.0. The van der Waals surface area contributed by atoms with Crippen LogP contribution in [0.3, 0.4) is 0 Å². The van der Waals surface area contributed by atoms with Crippen LogP contribution in [0.5, 0.6) is 5.75 Å². The highest BCUT2D eigenvalue weighted by Gasteiger charge is 2.09. The van der Waals surface area contributed by atoms with Gasteiger partial charge in [-0.25, -0.2) is 0 Å². The summed E-state index contributed by atoms with van der Waals surface area (Å²) in [5, 5.41) is 1.18. The average Bonchev–Trinajstić information content (AvgIpc) is 2.99. The van der Waals surface area contributed by atoms with Gasteiger partial charge in [0.2, 0.25) is 0 Å². The summed E-state index contributed by atoms with van der Waals surface area (Å²) in [4.78, 5) is 3.31. The Balaban J connectivity index is 1.54. The van der Waals surface area contributed by atoms with Gasteiger partial charge < -0.3 is 20.2 Å². The number of benzene rings is 2. The SMILES string of the molecule is C[C@@H](N)Cc1c[nH]c2c(OCCOCc3ccccc3)cccc12. The van der Waals surface area contributed by atoms with Gasteiger partial charge in [0.15, 0.2) is 0 Å². The average molecular weight is 324 g/mol. The highest BCUT2D eigenvalue weighted by molar-refractivity contribution is 5.88. The molecule has 4 nitrogen and oxygen atoms in total. The molecule has 1 heterocycles. The van der Waals surface area contributed by atoms with Gasteiger partial charge in [-0.1, -0.05) is 42.5 Å². The standard InChI is InChI=1S/C20H24N2O2/c1-15(21)12-17-13-22-20-18(17)8-5-9-19(20)24-11-10-23-14-16-6-3-2-4-7-16/h2-9,13,15,22H,10-12,14,21H2,1H3/t15-/m1/s1. The molecular formula is C20H24N2O2. The molecule has 0 saturated carbocycles. The number of aromatic amines is 1. The number of hydrogen-bond acceptors (Lipinski definition) is 3. The second-order valence-electron chi connectivity index (χ2n) is 6.06. The molecule has 3 aromatic rings. The maximum absolute atomic E-state index is 5.91. The Morgan fingerprint density at radius 3 is 2.67 bits per heavy atom. The summed E-state index contributed by atoms with van der Waals surface area (Å²) in [7, 11) is 0. The molecule has 0 radical (unpaired) electrons. The van der Waals surface area contributed by atoms with E-state index < -0.39 is 0 Å². The zero-order valence-corrected chi connectivity index (χ0v) is 14.0. The van der Waals surface area contributed by atoms with E-state index in [0.29, 0.717) is 19.8 Å². The van der Waals surface area contributed by atoms with Crippen molar-refractivity contribution in [1.29, 1.82) is 0 Å². The number of ether oxygens (including phenoxy) is 2. The van der Waals surface area contributed by atoms with Crippen molar-refractivity contribution in [3.63, 3.8) is 0 Å². The molecule has 0 saturated heterocycles. The molecule has 0 aliphatic heterocycles. The third-order valence-electron chi connectivity index (χ3n) is 3.90. The van der Waals surface area contributed by atoms with Crippen molar-refractivity contribution < 1.29 is 9.47 Å². The van der Waals surface area contributed by atoms with Gasteiger partial charge in [0.05, 0.1) is 18.7 Å². The van der Waals surface area contributed by atoms with Crippen LogP contribution in [0.25, 0.3) is 10.9 Å². The van der Waals surface area contributed by atoms with Crippen LogP contribution in [-0.4, -0.2) is 24.2 Å². The summed E-state index contributed by atoms with van der Waals surface area (Å²) in [6, 6.07) is 16.4. The molecule has 3 N–H and O–H groups in total. The molecule has 0 unspecified atom stereocenters. The molecule has 2 aromatic carbocycles. The van der Waals surface area contributed by atoms with Gasteiger partial charge in [-0.05, 0) is 30.5 Å². The number of H-pyrrole nitrogens is 1. The Kier molecular flexibility index (Phi) is 5.51. The Morgan fingerprint density at radius 1 is 1.04 bits per heavy atom. The Morgan fingerprint density at radius 2 is 1.88 bits per heavy atom. The maximum Gasteiger partial charge on any atom is 0.143 e. The Bertz CT molecular complexity index is 766. The third-order valence-corrected chi connectivity index (χ3v) is 3.90. The lowest BCUT2D eigenvalue weighted by atomic mass is 10.1. The molecule has 0 spiro atoms. The first-order chi connectivity index (χ1) is 11.7. The number of nitrogens with two attached hydrogens (primary N) is 1. The lowest BCUT2D eigenvalue weighted by Gasteiger charge is -2.09. The second-order valence-corrected chi connectivity index (χ2v) is 6.06. The van der Waals surface area contributed by atoms with Crippen LogP contribution in [-0.2, 0) is 17.8 Å². The lowest BCUT2D eigenvalue weighted by Crippen LogP contribution is -2.17. The predicted molar refractivity (Wildman–Crippen MR) is 97.2 cm³/mol. The van der Waals surface area contributed by atoms with Gasteiger partial charge in [-0.2, -0.15) is 0 Å². The van der Waals surface area contributed by atoms with Gasteiger partial charge in [-0.3, -0.25) is 0 Å². The van der Waals surface area contributed by atoms with Crippen molar-refractivity contribution in [2.24, 2.45) is 5.73 Å². The number of fused-ring (bicyclic) bond motifs is 1. The summed E-state index contributed by atoms with van der Waals surface area (Å²) >= 11 is 0. The molecule has 0 aliphatic rings. The molecule has 0 amide bonds. The number of hydrogen-bond donors (Lipinski definition) is 2. The van der Waals surface area contributed by atoms with Gasteiger partial charge in [0.25, 0.3) is 0 Å². The first-order valence-corrected chi connectivity index (χ1v) is 8.33. The largest absolute Gasteiger partial charge is 0.489 e. The summed E-state index contributed by atoms with van der Waals surface area (Å²) in [6.07, 6.45) is 2.87. The summed E-state index contributed by atoms with van der Waals surface area (Å²) in [6.45, 7) is 3.70. The summed E-state index contributed by atoms with van der Waals surface area (Å²) in [5.74, 6) is 0.853. The quantitative estimate of drug-likeness (QED) is 0.622. The summed E-state index contributed by atoms with van der Waals surface area (Å²) < 4.78 is 11.5. The van der Waals surface area contributed by atoms with Crippen LogP contribution in [0.4, 0.5) is 0 Å². The molecule has 24 heavy (non-hydrogen) atoms. The smallest absolute Gasteiger partial charge is 0.143 e. The predicted octanol–water partition coefficient (Wildman–Crippen LogP) is 3.65. The van der Waals surface area contributed by atoms with Crippen molar-refractivity contribution >= 4 is 10.9 Å². The molecule has 1 aromatic heterocycles. The van der Waals surface area contributed by atoms with Gasteiger partial charge >= 0.3 is 0 Å². The molecule has 3 rings (SSSR count). The van der Waals surface area contributed by atoms with E-state index >= 15 is 0 Å². The summed E-state index contributed by atoms with van der Waals surface area (Å²) in [5.41, 5.74) is 9.34. The minimum absolute atomic E-state index is 0.139. The minimum atomic E-state index is 0.139. The normalized spacial score (nSPS) is 12.4. The van der Waals surface area contributed by atoms with Crippen LogP contribution in [0.1, 0.15) is 18.1 Å². The Hall–Kier alpha value is -2.30. The van der Waals surface area contributed by atoms with Crippen LogP contribution in [0.2, 0.25) is 0 Å². The van der Waals surface area contributed by atoms with E-state index in [1.165, 1.54) is 16.5 Å². The van der Waals surface area contributed by atoms with E-state index in [-0.39, 0.29) is 6.04 Å². The molecule has 4 heteroatoms. The van der Waals surface area contributed by atoms with Gasteiger partial charge in [-0.15, -0.1) is 0 Å². The monoisotopic (exact) mass is 324 g/mol. The van der Waals surface area contributed by atoms with Crippen molar-refractivity contribution in [2.45, 2.75) is 26.0 Å². The van der Waals surface area contributed by atoms with Crippen molar-refractivity contribution in [3.8, 4) is 5.75 Å². The first kappa shape index (κ1) is 16.6. The van der Waals surface area contributed by atoms with E-state index in [2.05, 4.69) is 23.2 Å². The van der Waals surface area contributed by atoms with Crippen molar-refractivity contribution in [3.05, 3.63) is 65.9 Å². The number of nitrogens with one attached hydrogen (secondary N) is 1. The molecule has 0 bridgehead atoms. The minimum Gasteiger partial charge on any atom is -0.489 e. The molecule has 0 fully saturated rings. The zero-order chi connectivity index (χ0) is 16.8. The van der Waals surface area contributed by atoms with Crippen LogP contribution in [0, 0.1) is 0 Å².